The molecule has 0 radical (unpaired) electrons. The number of hydrogen-bond acceptors (Lipinski definition) is 4. The molecule has 2 aromatic rings. The number of nitrogens with one attached hydrogen (secondary N) is 1. The molecule has 100 valence electrons. The third-order valence-electron chi connectivity index (χ3n) is 2.05. The molecule has 5 nitrogen and oxygen atoms in total. The van der Waals surface area contributed by atoms with E-state index in [1.807, 2.05) is 0 Å². The van der Waals surface area contributed by atoms with Crippen LogP contribution in [-0.2, 0) is 10.0 Å². The zero-order valence-corrected chi connectivity index (χ0v) is 12.2. The molecule has 0 atom stereocenters. The molecular weight excluding hydrogens is 333 g/mol. The van der Waals surface area contributed by atoms with Crippen LogP contribution in [-0.4, -0.2) is 18.4 Å². The fourth-order valence-corrected chi connectivity index (χ4v) is 2.68. The Morgan fingerprint density at radius 1 is 1.05 bits per heavy atom. The van der Waals surface area contributed by atoms with Crippen molar-refractivity contribution in [2.24, 2.45) is 0 Å². The summed E-state index contributed by atoms with van der Waals surface area (Å²) < 4.78 is 26.3. The van der Waals surface area contributed by atoms with E-state index in [1.165, 1.54) is 30.5 Å². The normalized spacial score (nSPS) is 11.3. The van der Waals surface area contributed by atoms with E-state index >= 15 is 0 Å². The van der Waals surface area contributed by atoms with Crippen molar-refractivity contribution in [3.05, 3.63) is 45.7 Å². The van der Waals surface area contributed by atoms with Gasteiger partial charge in [-0.2, -0.15) is 0 Å². The van der Waals surface area contributed by atoms with Gasteiger partial charge in [-0.1, -0.05) is 34.8 Å². The number of sulfonamides is 1. The van der Waals surface area contributed by atoms with Crippen molar-refractivity contribution in [2.45, 2.75) is 4.90 Å². The number of hydrogen-bond donors (Lipinski definition) is 1. The summed E-state index contributed by atoms with van der Waals surface area (Å²) in [6.07, 6.45) is 1.34. The van der Waals surface area contributed by atoms with Crippen LogP contribution in [0.15, 0.2) is 35.4 Å². The van der Waals surface area contributed by atoms with Crippen molar-refractivity contribution < 1.29 is 8.42 Å². The van der Waals surface area contributed by atoms with Gasteiger partial charge in [0.15, 0.2) is 0 Å². The maximum atomic E-state index is 12.0. The number of benzene rings is 1. The molecule has 1 aromatic carbocycles. The Hall–Kier alpha value is -1.08. The van der Waals surface area contributed by atoms with Gasteiger partial charge >= 0.3 is 0 Å². The first-order chi connectivity index (χ1) is 8.88. The van der Waals surface area contributed by atoms with Crippen LogP contribution in [0, 0.1) is 0 Å². The number of aromatic nitrogens is 2. The second-order valence-corrected chi connectivity index (χ2v) is 6.27. The predicted octanol–water partition coefficient (Wildman–Crippen LogP) is 3.24. The van der Waals surface area contributed by atoms with Gasteiger partial charge in [0.1, 0.15) is 5.15 Å². The van der Waals surface area contributed by atoms with Gasteiger partial charge in [-0.15, -0.1) is 0 Å². The van der Waals surface area contributed by atoms with Crippen molar-refractivity contribution in [3.8, 4) is 0 Å². The van der Waals surface area contributed by atoms with Gasteiger partial charge in [0.25, 0.3) is 10.0 Å². The summed E-state index contributed by atoms with van der Waals surface area (Å²) in [5, 5.41) is 0.526. The highest BCUT2D eigenvalue weighted by atomic mass is 35.5. The maximum Gasteiger partial charge on any atom is 0.264 e. The molecule has 2 rings (SSSR count). The number of halogens is 3. The molecule has 0 saturated carbocycles. The van der Waals surface area contributed by atoms with E-state index in [4.69, 9.17) is 34.8 Å². The van der Waals surface area contributed by atoms with Crippen LogP contribution in [0.3, 0.4) is 0 Å². The van der Waals surface area contributed by atoms with Crippen molar-refractivity contribution >= 4 is 50.8 Å². The van der Waals surface area contributed by atoms with E-state index in [0.29, 0.717) is 0 Å². The third kappa shape index (κ3) is 3.48. The van der Waals surface area contributed by atoms with Gasteiger partial charge < -0.3 is 0 Å². The molecular formula is C10H6Cl3N3O2S. The first-order valence-corrected chi connectivity index (χ1v) is 7.46. The van der Waals surface area contributed by atoms with Gasteiger partial charge in [0.05, 0.1) is 14.9 Å². The van der Waals surface area contributed by atoms with Gasteiger partial charge in [-0.05, 0) is 24.3 Å². The van der Waals surface area contributed by atoms with E-state index in [2.05, 4.69) is 14.7 Å². The summed E-state index contributed by atoms with van der Waals surface area (Å²) in [4.78, 5) is 7.42. The maximum absolute atomic E-state index is 12.0. The molecule has 0 unspecified atom stereocenters. The minimum atomic E-state index is -3.85. The first kappa shape index (κ1) is 14.3. The second-order valence-electron chi connectivity index (χ2n) is 3.38. The molecule has 0 spiro atoms. The Morgan fingerprint density at radius 3 is 2.42 bits per heavy atom. The van der Waals surface area contributed by atoms with Gasteiger partial charge in [0.2, 0.25) is 5.95 Å². The topological polar surface area (TPSA) is 72.0 Å². The Morgan fingerprint density at radius 2 is 1.79 bits per heavy atom. The van der Waals surface area contributed by atoms with Crippen LogP contribution in [0.5, 0.6) is 0 Å². The Balaban J connectivity index is 2.35. The minimum absolute atomic E-state index is 0.0505. The number of nitrogens with zero attached hydrogens (tertiary/aromatic N) is 2. The van der Waals surface area contributed by atoms with E-state index < -0.39 is 10.0 Å². The van der Waals surface area contributed by atoms with Crippen molar-refractivity contribution in [2.75, 3.05) is 4.72 Å². The molecule has 19 heavy (non-hydrogen) atoms. The average molecular weight is 339 g/mol. The van der Waals surface area contributed by atoms with E-state index in [1.54, 1.807) is 0 Å². The fourth-order valence-electron chi connectivity index (χ4n) is 1.21. The van der Waals surface area contributed by atoms with Crippen molar-refractivity contribution in [1.29, 1.82) is 0 Å². The lowest BCUT2D eigenvalue weighted by Gasteiger charge is -2.07. The number of anilines is 1. The summed E-state index contributed by atoms with van der Waals surface area (Å²) in [6, 6.07) is 5.37. The summed E-state index contributed by atoms with van der Waals surface area (Å²) in [7, 11) is -3.85. The van der Waals surface area contributed by atoms with Crippen LogP contribution in [0.1, 0.15) is 0 Å². The molecule has 0 aliphatic carbocycles. The molecule has 1 aromatic heterocycles. The molecule has 0 bridgehead atoms. The lowest BCUT2D eigenvalue weighted by Crippen LogP contribution is -2.15. The van der Waals surface area contributed by atoms with Gasteiger partial charge in [0, 0.05) is 6.20 Å². The zero-order valence-electron chi connectivity index (χ0n) is 9.14. The SMILES string of the molecule is O=S(=O)(Nc1nccc(Cl)n1)c1ccc(Cl)c(Cl)c1. The van der Waals surface area contributed by atoms with Crippen LogP contribution in [0.25, 0.3) is 0 Å². The molecule has 0 aliphatic rings. The van der Waals surface area contributed by atoms with Crippen LogP contribution >= 0.6 is 34.8 Å². The zero-order chi connectivity index (χ0) is 14.0. The Kier molecular flexibility index (Phi) is 4.15. The summed E-state index contributed by atoms with van der Waals surface area (Å²) in [5.41, 5.74) is 0. The molecule has 0 amide bonds. The molecule has 9 heteroatoms. The smallest absolute Gasteiger partial charge is 0.247 e. The largest absolute Gasteiger partial charge is 0.264 e. The predicted molar refractivity (Wildman–Crippen MR) is 74.3 cm³/mol. The molecule has 0 aliphatic heterocycles. The first-order valence-electron chi connectivity index (χ1n) is 4.85. The van der Waals surface area contributed by atoms with Gasteiger partial charge in [-0.3, -0.25) is 0 Å². The van der Waals surface area contributed by atoms with Crippen LogP contribution < -0.4 is 4.72 Å². The summed E-state index contributed by atoms with van der Waals surface area (Å²) in [5.74, 6) is -0.126. The standard InChI is InChI=1S/C10H6Cl3N3O2S/c11-7-2-1-6(5-8(7)12)19(17,18)16-10-14-4-3-9(13)15-10/h1-5H,(H,14,15,16). The minimum Gasteiger partial charge on any atom is -0.247 e. The monoisotopic (exact) mass is 337 g/mol. The number of rotatable bonds is 3. The van der Waals surface area contributed by atoms with Crippen LogP contribution in [0.4, 0.5) is 5.95 Å². The summed E-state index contributed by atoms with van der Waals surface area (Å²) >= 11 is 17.1. The quantitative estimate of drug-likeness (QED) is 0.872. The highest BCUT2D eigenvalue weighted by Crippen LogP contribution is 2.25. The third-order valence-corrected chi connectivity index (χ3v) is 4.32. The van der Waals surface area contributed by atoms with Gasteiger partial charge in [-0.25, -0.2) is 23.1 Å². The van der Waals surface area contributed by atoms with E-state index in [0.717, 1.165) is 0 Å². The Bertz CT molecular complexity index is 722. The lowest BCUT2D eigenvalue weighted by molar-refractivity contribution is 0.601. The molecule has 1 heterocycles. The fraction of sp³-hybridized carbons (Fsp3) is 0. The molecule has 0 fully saturated rings. The Labute approximate surface area is 124 Å². The highest BCUT2D eigenvalue weighted by molar-refractivity contribution is 7.92. The van der Waals surface area contributed by atoms with Crippen molar-refractivity contribution in [3.63, 3.8) is 0 Å². The van der Waals surface area contributed by atoms with E-state index in [-0.39, 0.29) is 26.0 Å². The molecule has 1 N–H and O–H groups in total. The molecule has 0 saturated heterocycles. The lowest BCUT2D eigenvalue weighted by atomic mass is 10.4. The highest BCUT2D eigenvalue weighted by Gasteiger charge is 2.17. The van der Waals surface area contributed by atoms with Crippen molar-refractivity contribution in [1.82, 2.24) is 9.97 Å². The van der Waals surface area contributed by atoms with Crippen LogP contribution in [0.2, 0.25) is 15.2 Å². The second kappa shape index (κ2) is 5.50. The average Bonchev–Trinajstić information content (AvgIpc) is 2.32. The summed E-state index contributed by atoms with van der Waals surface area (Å²) in [6.45, 7) is 0. The van der Waals surface area contributed by atoms with E-state index in [9.17, 15) is 8.42 Å².